The summed E-state index contributed by atoms with van der Waals surface area (Å²) in [4.78, 5) is 19.4. The van der Waals surface area contributed by atoms with Crippen LogP contribution in [-0.4, -0.2) is 29.6 Å². The molecular formula is C15H16N4O3. The maximum atomic E-state index is 11.4. The number of hydrogen-bond acceptors (Lipinski definition) is 7. The summed E-state index contributed by atoms with van der Waals surface area (Å²) in [7, 11) is 1.33. The quantitative estimate of drug-likeness (QED) is 0.623. The first-order valence-corrected chi connectivity index (χ1v) is 6.47. The molecule has 7 heteroatoms. The first-order chi connectivity index (χ1) is 10.7. The molecule has 114 valence electrons. The Bertz CT molecular complexity index is 671. The number of benzene rings is 1. The van der Waals surface area contributed by atoms with Crippen LogP contribution in [0.25, 0.3) is 0 Å². The fraction of sp³-hybridized carbons (Fsp3) is 0.133. The molecule has 0 aliphatic rings. The van der Waals surface area contributed by atoms with Crippen molar-refractivity contribution >= 4 is 17.5 Å². The number of carbonyl (C=O) groups is 1. The number of ether oxygens (including phenoxy) is 2. The molecule has 0 amide bonds. The largest absolute Gasteiger partial charge is 0.465 e. The third-order valence-corrected chi connectivity index (χ3v) is 2.75. The van der Waals surface area contributed by atoms with Crippen LogP contribution in [0.4, 0.5) is 11.5 Å². The minimum absolute atomic E-state index is 0.229. The highest BCUT2D eigenvalue weighted by molar-refractivity contribution is 5.89. The van der Waals surface area contributed by atoms with Gasteiger partial charge in [-0.3, -0.25) is 0 Å². The van der Waals surface area contributed by atoms with Gasteiger partial charge in [0.05, 0.1) is 12.7 Å². The highest BCUT2D eigenvalue weighted by atomic mass is 16.5. The summed E-state index contributed by atoms with van der Waals surface area (Å²) in [6.45, 7) is 4.13. The van der Waals surface area contributed by atoms with E-state index in [-0.39, 0.29) is 5.88 Å². The van der Waals surface area contributed by atoms with Crippen molar-refractivity contribution in [2.45, 2.75) is 0 Å². The molecule has 0 spiro atoms. The third kappa shape index (κ3) is 3.51. The molecule has 0 radical (unpaired) electrons. The molecule has 2 rings (SSSR count). The van der Waals surface area contributed by atoms with E-state index >= 15 is 0 Å². The summed E-state index contributed by atoms with van der Waals surface area (Å²) < 4.78 is 10.2. The van der Waals surface area contributed by atoms with Crippen LogP contribution in [0.1, 0.15) is 10.4 Å². The number of nitrogens with one attached hydrogen (secondary N) is 1. The van der Waals surface area contributed by atoms with E-state index in [0.29, 0.717) is 29.4 Å². The Labute approximate surface area is 127 Å². The number of nitrogens with zero attached hydrogens (tertiary/aromatic N) is 2. The third-order valence-electron chi connectivity index (χ3n) is 2.75. The molecule has 1 heterocycles. The standard InChI is InChI=1S/C15H16N4O3/c1-3-8-17-13-12(16)14(19-9-18-13)22-11-6-4-10(5-7-11)15(20)21-2/h3-7,9H,1,8,16H2,2H3,(H,17,18,19). The number of hydrogen-bond donors (Lipinski definition) is 2. The van der Waals surface area contributed by atoms with Crippen LogP contribution in [0, 0.1) is 0 Å². The van der Waals surface area contributed by atoms with Crippen molar-refractivity contribution in [2.24, 2.45) is 0 Å². The molecule has 0 saturated heterocycles. The molecule has 0 fully saturated rings. The second-order valence-corrected chi connectivity index (χ2v) is 4.23. The van der Waals surface area contributed by atoms with Gasteiger partial charge in [0.15, 0.2) is 5.82 Å². The van der Waals surface area contributed by atoms with Crippen LogP contribution < -0.4 is 15.8 Å². The van der Waals surface area contributed by atoms with Crippen LogP contribution in [0.3, 0.4) is 0 Å². The zero-order chi connectivity index (χ0) is 15.9. The number of aromatic nitrogens is 2. The van der Waals surface area contributed by atoms with Crippen molar-refractivity contribution in [3.8, 4) is 11.6 Å². The summed E-state index contributed by atoms with van der Waals surface area (Å²) in [5.41, 5.74) is 6.67. The maximum absolute atomic E-state index is 11.4. The van der Waals surface area contributed by atoms with Crippen molar-refractivity contribution < 1.29 is 14.3 Å². The average Bonchev–Trinajstić information content (AvgIpc) is 2.55. The first-order valence-electron chi connectivity index (χ1n) is 6.47. The van der Waals surface area contributed by atoms with E-state index in [2.05, 4.69) is 26.6 Å². The lowest BCUT2D eigenvalue weighted by Gasteiger charge is -2.11. The van der Waals surface area contributed by atoms with Gasteiger partial charge < -0.3 is 20.5 Å². The zero-order valence-corrected chi connectivity index (χ0v) is 12.1. The molecule has 0 aliphatic carbocycles. The van der Waals surface area contributed by atoms with E-state index in [4.69, 9.17) is 10.5 Å². The smallest absolute Gasteiger partial charge is 0.337 e. The molecule has 1 aromatic heterocycles. The van der Waals surface area contributed by atoms with Gasteiger partial charge in [-0.2, -0.15) is 4.98 Å². The molecule has 2 aromatic rings. The zero-order valence-electron chi connectivity index (χ0n) is 12.1. The lowest BCUT2D eigenvalue weighted by molar-refractivity contribution is 0.0600. The molecule has 3 N–H and O–H groups in total. The Kier molecular flexibility index (Phi) is 4.92. The predicted molar refractivity (Wildman–Crippen MR) is 83.0 cm³/mol. The summed E-state index contributed by atoms with van der Waals surface area (Å²) in [6.07, 6.45) is 3.04. The van der Waals surface area contributed by atoms with E-state index in [1.165, 1.54) is 13.4 Å². The van der Waals surface area contributed by atoms with Crippen molar-refractivity contribution in [2.75, 3.05) is 24.7 Å². The first kappa shape index (κ1) is 15.3. The minimum atomic E-state index is -0.413. The number of esters is 1. The number of carbonyl (C=O) groups excluding carboxylic acids is 1. The lowest BCUT2D eigenvalue weighted by atomic mass is 10.2. The van der Waals surface area contributed by atoms with Gasteiger partial charge in [0.1, 0.15) is 17.8 Å². The summed E-state index contributed by atoms with van der Waals surface area (Å²) in [6, 6.07) is 6.44. The molecule has 7 nitrogen and oxygen atoms in total. The fourth-order valence-corrected chi connectivity index (χ4v) is 1.66. The second kappa shape index (κ2) is 7.07. The van der Waals surface area contributed by atoms with E-state index in [9.17, 15) is 4.79 Å². The van der Waals surface area contributed by atoms with Crippen LogP contribution in [0.5, 0.6) is 11.6 Å². The molecule has 1 aromatic carbocycles. The summed E-state index contributed by atoms with van der Waals surface area (Å²) in [5, 5.41) is 2.99. The maximum Gasteiger partial charge on any atom is 0.337 e. The Balaban J connectivity index is 2.16. The highest BCUT2D eigenvalue weighted by Gasteiger charge is 2.10. The van der Waals surface area contributed by atoms with Crippen molar-refractivity contribution in [1.82, 2.24) is 9.97 Å². The van der Waals surface area contributed by atoms with E-state index < -0.39 is 5.97 Å². The van der Waals surface area contributed by atoms with Crippen molar-refractivity contribution in [3.63, 3.8) is 0 Å². The summed E-state index contributed by atoms with van der Waals surface area (Å²) in [5.74, 6) is 0.778. The second-order valence-electron chi connectivity index (χ2n) is 4.23. The molecular weight excluding hydrogens is 284 g/mol. The highest BCUT2D eigenvalue weighted by Crippen LogP contribution is 2.29. The van der Waals surface area contributed by atoms with E-state index in [1.54, 1.807) is 30.3 Å². The van der Waals surface area contributed by atoms with Crippen LogP contribution in [0.2, 0.25) is 0 Å². The predicted octanol–water partition coefficient (Wildman–Crippen LogP) is 2.24. The van der Waals surface area contributed by atoms with Gasteiger partial charge in [-0.1, -0.05) is 6.08 Å². The van der Waals surface area contributed by atoms with Crippen LogP contribution in [0.15, 0.2) is 43.2 Å². The summed E-state index contributed by atoms with van der Waals surface area (Å²) >= 11 is 0. The molecule has 0 saturated carbocycles. The molecule has 22 heavy (non-hydrogen) atoms. The molecule has 0 bridgehead atoms. The lowest BCUT2D eigenvalue weighted by Crippen LogP contribution is -2.06. The van der Waals surface area contributed by atoms with Gasteiger partial charge in [0.25, 0.3) is 0 Å². The van der Waals surface area contributed by atoms with E-state index in [0.717, 1.165) is 0 Å². The minimum Gasteiger partial charge on any atom is -0.465 e. The SMILES string of the molecule is C=CCNc1ncnc(Oc2ccc(C(=O)OC)cc2)c1N. The van der Waals surface area contributed by atoms with Crippen molar-refractivity contribution in [1.29, 1.82) is 0 Å². The number of anilines is 2. The molecule has 0 atom stereocenters. The van der Waals surface area contributed by atoms with Crippen LogP contribution >= 0.6 is 0 Å². The number of nitrogen functional groups attached to an aromatic ring is 1. The van der Waals surface area contributed by atoms with Gasteiger partial charge in [0, 0.05) is 6.54 Å². The van der Waals surface area contributed by atoms with Gasteiger partial charge in [-0.25, -0.2) is 9.78 Å². The fourth-order valence-electron chi connectivity index (χ4n) is 1.66. The monoisotopic (exact) mass is 300 g/mol. The Morgan fingerprint density at radius 3 is 2.73 bits per heavy atom. The number of rotatable bonds is 6. The molecule has 0 aliphatic heterocycles. The van der Waals surface area contributed by atoms with Crippen LogP contribution in [-0.2, 0) is 4.74 Å². The van der Waals surface area contributed by atoms with Gasteiger partial charge in [-0.15, -0.1) is 6.58 Å². The number of nitrogens with two attached hydrogens (primary N) is 1. The molecule has 0 unspecified atom stereocenters. The van der Waals surface area contributed by atoms with Gasteiger partial charge >= 0.3 is 5.97 Å². The number of methoxy groups -OCH3 is 1. The van der Waals surface area contributed by atoms with Crippen molar-refractivity contribution in [3.05, 3.63) is 48.8 Å². The van der Waals surface area contributed by atoms with E-state index in [1.807, 2.05) is 0 Å². The Morgan fingerprint density at radius 1 is 1.36 bits per heavy atom. The topological polar surface area (TPSA) is 99.4 Å². The Hall–Kier alpha value is -3.09. The average molecular weight is 300 g/mol. The Morgan fingerprint density at radius 2 is 2.09 bits per heavy atom. The normalized spacial score (nSPS) is 9.86. The van der Waals surface area contributed by atoms with Gasteiger partial charge in [0.2, 0.25) is 5.88 Å². The van der Waals surface area contributed by atoms with Gasteiger partial charge in [-0.05, 0) is 24.3 Å².